The van der Waals surface area contributed by atoms with Gasteiger partial charge in [0.1, 0.15) is 5.82 Å². The summed E-state index contributed by atoms with van der Waals surface area (Å²) in [5.74, 6) is 2.85. The Hall–Kier alpha value is -2.92. The minimum absolute atomic E-state index is 0.0104. The van der Waals surface area contributed by atoms with Crippen LogP contribution in [-0.2, 0) is 11.8 Å². The monoisotopic (exact) mass is 371 g/mol. The first-order valence-electron chi connectivity index (χ1n) is 7.80. The molecule has 26 heavy (non-hydrogen) atoms. The van der Waals surface area contributed by atoms with Gasteiger partial charge in [-0.25, -0.2) is 0 Å². The normalized spacial score (nSPS) is 15.7. The molecule has 0 saturated carbocycles. The van der Waals surface area contributed by atoms with Crippen LogP contribution < -0.4 is 15.6 Å². The number of anilines is 1. The molecule has 0 bridgehead atoms. The molecule has 7 nitrogen and oxygen atoms in total. The van der Waals surface area contributed by atoms with Gasteiger partial charge in [-0.2, -0.15) is 4.98 Å². The van der Waals surface area contributed by atoms with E-state index in [4.69, 9.17) is 11.2 Å². The highest BCUT2D eigenvalue weighted by Gasteiger charge is 2.32. The third-order valence-corrected chi connectivity index (χ3v) is 5.13. The topological polar surface area (TPSA) is 93.5 Å². The Morgan fingerprint density at radius 2 is 2.27 bits per heavy atom. The van der Waals surface area contributed by atoms with E-state index in [2.05, 4.69) is 16.2 Å². The summed E-state index contributed by atoms with van der Waals surface area (Å²) < 4.78 is 6.80. The van der Waals surface area contributed by atoms with Crippen LogP contribution >= 0.6 is 11.8 Å². The molecule has 8 heteroatoms. The number of aromatic nitrogens is 2. The second-order valence-electron chi connectivity index (χ2n) is 5.75. The second kappa shape index (κ2) is 7.14. The third kappa shape index (κ3) is 3.13. The summed E-state index contributed by atoms with van der Waals surface area (Å²) in [7, 11) is 3.17. The van der Waals surface area contributed by atoms with Crippen molar-refractivity contribution in [3.05, 3.63) is 39.7 Å². The lowest BCUT2D eigenvalue weighted by Gasteiger charge is -2.27. The van der Waals surface area contributed by atoms with Gasteiger partial charge >= 0.3 is 0 Å². The van der Waals surface area contributed by atoms with Crippen molar-refractivity contribution in [2.45, 2.75) is 17.5 Å². The number of rotatable bonds is 4. The van der Waals surface area contributed by atoms with Gasteiger partial charge in [-0.1, -0.05) is 23.7 Å². The quantitative estimate of drug-likeness (QED) is 0.483. The standard InChI is InChI=1S/C18H17N3O4S/c1-4-7-26-18-20-17(24)15-11(9-14(23)19-16(15)21(18)2)10-5-6-12(22)13(8-10)25-3/h1,5-6,8,11,22H,7,9H2,2-3H3,(H,19,23). The van der Waals surface area contributed by atoms with Crippen molar-refractivity contribution in [3.8, 4) is 23.8 Å². The van der Waals surface area contributed by atoms with Gasteiger partial charge in [0.05, 0.1) is 18.4 Å². The maximum Gasteiger partial charge on any atom is 0.279 e. The van der Waals surface area contributed by atoms with Crippen LogP contribution in [0.2, 0.25) is 0 Å². The van der Waals surface area contributed by atoms with Crippen LogP contribution in [0.1, 0.15) is 23.5 Å². The van der Waals surface area contributed by atoms with E-state index in [1.54, 1.807) is 23.7 Å². The second-order valence-corrected chi connectivity index (χ2v) is 6.69. The highest BCUT2D eigenvalue weighted by Crippen LogP contribution is 2.38. The van der Waals surface area contributed by atoms with E-state index in [1.807, 2.05) is 0 Å². The largest absolute Gasteiger partial charge is 0.504 e. The van der Waals surface area contributed by atoms with Crippen molar-refractivity contribution in [3.63, 3.8) is 0 Å². The fraction of sp³-hybridized carbons (Fsp3) is 0.278. The van der Waals surface area contributed by atoms with Gasteiger partial charge in [-0.05, 0) is 17.7 Å². The van der Waals surface area contributed by atoms with E-state index in [0.717, 1.165) is 0 Å². The number of fused-ring (bicyclic) bond motifs is 1. The predicted molar refractivity (Wildman–Crippen MR) is 98.8 cm³/mol. The van der Waals surface area contributed by atoms with Crippen LogP contribution in [-0.4, -0.2) is 33.4 Å². The maximum atomic E-state index is 12.7. The molecular formula is C18H17N3O4S. The summed E-state index contributed by atoms with van der Waals surface area (Å²) in [5, 5.41) is 13.0. The van der Waals surface area contributed by atoms with Crippen molar-refractivity contribution < 1.29 is 14.6 Å². The molecule has 2 aromatic rings. The van der Waals surface area contributed by atoms with E-state index in [9.17, 15) is 14.7 Å². The number of nitrogens with zero attached hydrogens (tertiary/aromatic N) is 2. The number of carbonyl (C=O) groups excluding carboxylic acids is 1. The average Bonchev–Trinajstić information content (AvgIpc) is 2.63. The van der Waals surface area contributed by atoms with Gasteiger partial charge in [0, 0.05) is 19.4 Å². The summed E-state index contributed by atoms with van der Waals surface area (Å²) in [6.45, 7) is 0. The number of ether oxygens (including phenoxy) is 1. The first kappa shape index (κ1) is 17.9. The van der Waals surface area contributed by atoms with Crippen LogP contribution in [0.25, 0.3) is 0 Å². The van der Waals surface area contributed by atoms with Crippen LogP contribution in [0, 0.1) is 12.3 Å². The number of methoxy groups -OCH3 is 1. The molecule has 1 aliphatic rings. The lowest BCUT2D eigenvalue weighted by molar-refractivity contribution is -0.116. The number of thioether (sulfide) groups is 1. The van der Waals surface area contributed by atoms with Crippen LogP contribution in [0.4, 0.5) is 5.82 Å². The molecule has 1 amide bonds. The van der Waals surface area contributed by atoms with Crippen molar-refractivity contribution in [2.24, 2.45) is 7.05 Å². The third-order valence-electron chi connectivity index (χ3n) is 4.19. The van der Waals surface area contributed by atoms with Gasteiger partial charge in [0.15, 0.2) is 16.7 Å². The lowest BCUT2D eigenvalue weighted by atomic mass is 9.86. The number of carbonyl (C=O) groups is 1. The molecule has 0 fully saturated rings. The average molecular weight is 371 g/mol. The number of phenolic OH excluding ortho intramolecular Hbond substituents is 1. The van der Waals surface area contributed by atoms with Crippen molar-refractivity contribution in [1.82, 2.24) is 9.55 Å². The zero-order valence-corrected chi connectivity index (χ0v) is 15.1. The fourth-order valence-corrected chi connectivity index (χ4v) is 3.61. The molecule has 0 aliphatic carbocycles. The van der Waals surface area contributed by atoms with E-state index in [1.165, 1.54) is 24.9 Å². The van der Waals surface area contributed by atoms with E-state index in [0.29, 0.717) is 27.9 Å². The molecule has 134 valence electrons. The summed E-state index contributed by atoms with van der Waals surface area (Å²) >= 11 is 1.25. The first-order valence-corrected chi connectivity index (χ1v) is 8.78. The molecule has 1 atom stereocenters. The molecule has 0 radical (unpaired) electrons. The summed E-state index contributed by atoms with van der Waals surface area (Å²) in [4.78, 5) is 29.1. The van der Waals surface area contributed by atoms with Crippen LogP contribution in [0.3, 0.4) is 0 Å². The van der Waals surface area contributed by atoms with Crippen molar-refractivity contribution in [2.75, 3.05) is 18.2 Å². The molecular weight excluding hydrogens is 354 g/mol. The van der Waals surface area contributed by atoms with Gasteiger partial charge < -0.3 is 19.7 Å². The molecule has 1 aromatic heterocycles. The smallest absolute Gasteiger partial charge is 0.279 e. The van der Waals surface area contributed by atoms with Gasteiger partial charge in [0.25, 0.3) is 5.56 Å². The Morgan fingerprint density at radius 1 is 1.50 bits per heavy atom. The zero-order valence-electron chi connectivity index (χ0n) is 14.3. The zero-order chi connectivity index (χ0) is 18.8. The number of nitrogens with one attached hydrogen (secondary N) is 1. The Bertz CT molecular complexity index is 978. The SMILES string of the molecule is C#CCSc1nc(=O)c2c(n1C)NC(=O)CC2c1ccc(O)c(OC)c1. The van der Waals surface area contributed by atoms with E-state index >= 15 is 0 Å². The van der Waals surface area contributed by atoms with Gasteiger partial charge in [-0.15, -0.1) is 6.42 Å². The minimum Gasteiger partial charge on any atom is -0.504 e. The number of benzene rings is 1. The maximum absolute atomic E-state index is 12.7. The Kier molecular flexibility index (Phi) is 4.91. The van der Waals surface area contributed by atoms with Crippen molar-refractivity contribution in [1.29, 1.82) is 0 Å². The highest BCUT2D eigenvalue weighted by atomic mass is 32.2. The number of hydrogen-bond donors (Lipinski definition) is 2. The molecule has 2 N–H and O–H groups in total. The Morgan fingerprint density at radius 3 is 2.96 bits per heavy atom. The van der Waals surface area contributed by atoms with E-state index < -0.39 is 11.5 Å². The number of amides is 1. The van der Waals surface area contributed by atoms with Gasteiger partial charge in [0.2, 0.25) is 5.91 Å². The van der Waals surface area contributed by atoms with Crippen molar-refractivity contribution >= 4 is 23.5 Å². The van der Waals surface area contributed by atoms with Crippen LogP contribution in [0.15, 0.2) is 28.2 Å². The molecule has 0 saturated heterocycles. The highest BCUT2D eigenvalue weighted by molar-refractivity contribution is 7.99. The van der Waals surface area contributed by atoms with E-state index in [-0.39, 0.29) is 23.8 Å². The first-order chi connectivity index (χ1) is 12.5. The summed E-state index contributed by atoms with van der Waals surface area (Å²) in [6, 6.07) is 4.78. The number of terminal acetylenes is 1. The van der Waals surface area contributed by atoms with Gasteiger partial charge in [-0.3, -0.25) is 9.59 Å². The lowest BCUT2D eigenvalue weighted by Crippen LogP contribution is -2.33. The summed E-state index contributed by atoms with van der Waals surface area (Å²) in [5.41, 5.74) is 0.693. The minimum atomic E-state index is -0.480. The Labute approximate surface area is 154 Å². The molecule has 1 unspecified atom stereocenters. The number of hydrogen-bond acceptors (Lipinski definition) is 6. The fourth-order valence-electron chi connectivity index (χ4n) is 2.97. The van der Waals surface area contributed by atoms with Crippen LogP contribution in [0.5, 0.6) is 11.5 Å². The molecule has 1 aromatic carbocycles. The molecule has 0 spiro atoms. The number of aromatic hydroxyl groups is 1. The molecule has 2 heterocycles. The Balaban J connectivity index is 2.15. The number of phenols is 1. The summed E-state index contributed by atoms with van der Waals surface area (Å²) in [6.07, 6.45) is 5.38. The predicted octanol–water partition coefficient (Wildman–Crippen LogP) is 1.69. The molecule has 1 aliphatic heterocycles. The molecule has 3 rings (SSSR count).